The first-order valence-corrected chi connectivity index (χ1v) is 7.80. The third-order valence-corrected chi connectivity index (χ3v) is 4.22. The van der Waals surface area contributed by atoms with E-state index in [2.05, 4.69) is 20.8 Å². The molecule has 0 bridgehead atoms. The Morgan fingerprint density at radius 2 is 1.38 bits per heavy atom. The van der Waals surface area contributed by atoms with Crippen molar-refractivity contribution in [2.24, 2.45) is 0 Å². The summed E-state index contributed by atoms with van der Waals surface area (Å²) in [7, 11) is -3.76. The molecule has 0 aliphatic carbocycles. The summed E-state index contributed by atoms with van der Waals surface area (Å²) in [5.74, 6) is 0.321. The molecule has 2 rings (SSSR count). The maximum atomic E-state index is 12.1. The largest absolute Gasteiger partial charge is 0.379 e. The summed E-state index contributed by atoms with van der Waals surface area (Å²) < 4.78 is 29.3. The van der Waals surface area contributed by atoms with Crippen LogP contribution in [0.15, 0.2) is 59.5 Å². The summed E-state index contributed by atoms with van der Waals surface area (Å²) in [4.78, 5) is 0.153. The molecule has 0 atom stereocenters. The van der Waals surface area contributed by atoms with Crippen LogP contribution in [0.25, 0.3) is 0 Å². The van der Waals surface area contributed by atoms with Crippen LogP contribution < -0.4 is 4.18 Å². The minimum absolute atomic E-state index is 0. The van der Waals surface area contributed by atoms with E-state index in [4.69, 9.17) is 4.18 Å². The van der Waals surface area contributed by atoms with Gasteiger partial charge in [0.1, 0.15) is 10.6 Å². The molecule has 0 saturated heterocycles. The minimum Gasteiger partial charge on any atom is -0.379 e. The Hall–Kier alpha value is -1.46. The first kappa shape index (κ1) is 17.6. The summed E-state index contributed by atoms with van der Waals surface area (Å²) in [6.45, 7) is 6.30. The zero-order valence-corrected chi connectivity index (χ0v) is 14.1. The number of rotatable bonds is 3. The fourth-order valence-corrected chi connectivity index (χ4v) is 2.72. The molecule has 0 N–H and O–H groups in total. The van der Waals surface area contributed by atoms with Gasteiger partial charge in [0.05, 0.1) is 0 Å². The first-order valence-electron chi connectivity index (χ1n) is 6.39. The molecule has 0 unspecified atom stereocenters. The smallest absolute Gasteiger partial charge is 0.339 e. The second kappa shape index (κ2) is 6.54. The fraction of sp³-hybridized carbons (Fsp3) is 0.250. The average molecular weight is 324 g/mol. The Morgan fingerprint density at radius 1 is 0.857 bits per heavy atom. The van der Waals surface area contributed by atoms with Crippen molar-refractivity contribution >= 4 is 23.6 Å². The van der Waals surface area contributed by atoms with Gasteiger partial charge in [-0.05, 0) is 35.2 Å². The Balaban J connectivity index is 0.00000220. The van der Waals surface area contributed by atoms with E-state index in [1.807, 2.05) is 12.1 Å². The molecule has 114 valence electrons. The van der Waals surface area contributed by atoms with Gasteiger partial charge in [-0.25, -0.2) is 0 Å². The van der Waals surface area contributed by atoms with E-state index in [0.717, 1.165) is 5.56 Å². The SMILES string of the molecule is CC(C)(C)c1ccc(OS(=O)(=O)c2ccccc2)cc1.S. The molecule has 0 aliphatic rings. The summed E-state index contributed by atoms with van der Waals surface area (Å²) >= 11 is 0. The van der Waals surface area contributed by atoms with Gasteiger partial charge in [-0.3, -0.25) is 0 Å². The van der Waals surface area contributed by atoms with Crippen molar-refractivity contribution in [2.75, 3.05) is 0 Å². The van der Waals surface area contributed by atoms with Crippen molar-refractivity contribution in [3.8, 4) is 5.75 Å². The molecule has 21 heavy (non-hydrogen) atoms. The van der Waals surface area contributed by atoms with Gasteiger partial charge in [0.2, 0.25) is 0 Å². The van der Waals surface area contributed by atoms with Crippen LogP contribution in [-0.4, -0.2) is 8.42 Å². The van der Waals surface area contributed by atoms with Gasteiger partial charge >= 0.3 is 10.1 Å². The molecule has 2 aromatic rings. The Kier molecular flexibility index (Phi) is 5.48. The molecule has 3 nitrogen and oxygen atoms in total. The summed E-state index contributed by atoms with van der Waals surface area (Å²) in [5.41, 5.74) is 1.15. The van der Waals surface area contributed by atoms with Crippen LogP contribution in [0.4, 0.5) is 0 Å². The summed E-state index contributed by atoms with van der Waals surface area (Å²) in [5, 5.41) is 0. The van der Waals surface area contributed by atoms with E-state index in [1.165, 1.54) is 12.1 Å². The van der Waals surface area contributed by atoms with Gasteiger partial charge in [0.15, 0.2) is 0 Å². The highest BCUT2D eigenvalue weighted by Gasteiger charge is 2.17. The number of benzene rings is 2. The predicted octanol–water partition coefficient (Wildman–Crippen LogP) is 3.86. The maximum Gasteiger partial charge on any atom is 0.339 e. The van der Waals surface area contributed by atoms with Crippen molar-refractivity contribution in [3.05, 3.63) is 60.2 Å². The van der Waals surface area contributed by atoms with E-state index in [9.17, 15) is 8.42 Å². The highest BCUT2D eigenvalue weighted by atomic mass is 32.2. The highest BCUT2D eigenvalue weighted by Crippen LogP contribution is 2.25. The van der Waals surface area contributed by atoms with Crippen molar-refractivity contribution in [1.29, 1.82) is 0 Å². The lowest BCUT2D eigenvalue weighted by atomic mass is 9.87. The zero-order chi connectivity index (χ0) is 14.8. The van der Waals surface area contributed by atoms with Crippen LogP contribution in [0.1, 0.15) is 26.3 Å². The molecule has 0 spiro atoms. The molecule has 0 radical (unpaired) electrons. The lowest BCUT2D eigenvalue weighted by Crippen LogP contribution is -2.12. The van der Waals surface area contributed by atoms with Crippen LogP contribution in [0, 0.1) is 0 Å². The average Bonchev–Trinajstić information content (AvgIpc) is 2.39. The van der Waals surface area contributed by atoms with Gasteiger partial charge in [0, 0.05) is 0 Å². The van der Waals surface area contributed by atoms with E-state index in [-0.39, 0.29) is 23.8 Å². The first-order chi connectivity index (χ1) is 9.29. The van der Waals surface area contributed by atoms with E-state index in [1.54, 1.807) is 30.3 Å². The van der Waals surface area contributed by atoms with Gasteiger partial charge in [-0.2, -0.15) is 21.9 Å². The van der Waals surface area contributed by atoms with Crippen LogP contribution in [0.3, 0.4) is 0 Å². The van der Waals surface area contributed by atoms with Crippen molar-refractivity contribution in [1.82, 2.24) is 0 Å². The van der Waals surface area contributed by atoms with Crippen LogP contribution in [0.2, 0.25) is 0 Å². The number of hydrogen-bond donors (Lipinski definition) is 0. The van der Waals surface area contributed by atoms with E-state index in [0.29, 0.717) is 5.75 Å². The molecule has 0 saturated carbocycles. The zero-order valence-electron chi connectivity index (χ0n) is 12.3. The summed E-state index contributed by atoms with van der Waals surface area (Å²) in [6.07, 6.45) is 0. The Bertz CT molecular complexity index is 670. The standard InChI is InChI=1S/C16H18O3S.H2S/c1-16(2,3)13-9-11-14(12-10-13)19-20(17,18)15-7-5-4-6-8-15;/h4-12H,1-3H3;1H2. The van der Waals surface area contributed by atoms with Gasteiger partial charge in [-0.1, -0.05) is 51.1 Å². The summed E-state index contributed by atoms with van der Waals surface area (Å²) in [6, 6.07) is 15.3. The van der Waals surface area contributed by atoms with Crippen LogP contribution in [-0.2, 0) is 15.5 Å². The van der Waals surface area contributed by atoms with E-state index >= 15 is 0 Å². The molecular weight excluding hydrogens is 304 g/mol. The van der Waals surface area contributed by atoms with Gasteiger partial charge in [0.25, 0.3) is 0 Å². The topological polar surface area (TPSA) is 43.4 Å². The van der Waals surface area contributed by atoms with Crippen LogP contribution >= 0.6 is 13.5 Å². The lowest BCUT2D eigenvalue weighted by Gasteiger charge is -2.19. The molecule has 2 aromatic carbocycles. The second-order valence-electron chi connectivity index (χ2n) is 5.62. The molecule has 0 fully saturated rings. The molecule has 5 heteroatoms. The minimum atomic E-state index is -3.76. The Morgan fingerprint density at radius 3 is 1.86 bits per heavy atom. The number of hydrogen-bond acceptors (Lipinski definition) is 3. The highest BCUT2D eigenvalue weighted by molar-refractivity contribution is 7.87. The van der Waals surface area contributed by atoms with E-state index < -0.39 is 10.1 Å². The normalized spacial score (nSPS) is 11.6. The Labute approximate surface area is 133 Å². The molecule has 0 heterocycles. The molecule has 0 amide bonds. The predicted molar refractivity (Wildman–Crippen MR) is 89.8 cm³/mol. The lowest BCUT2D eigenvalue weighted by molar-refractivity contribution is 0.485. The third-order valence-electron chi connectivity index (χ3n) is 2.96. The molecule has 0 aliphatic heterocycles. The quantitative estimate of drug-likeness (QED) is 0.805. The van der Waals surface area contributed by atoms with Gasteiger partial charge in [-0.15, -0.1) is 0 Å². The van der Waals surface area contributed by atoms with Crippen molar-refractivity contribution in [3.63, 3.8) is 0 Å². The maximum absolute atomic E-state index is 12.1. The fourth-order valence-electron chi connectivity index (χ4n) is 1.77. The molecule has 0 aromatic heterocycles. The monoisotopic (exact) mass is 324 g/mol. The van der Waals surface area contributed by atoms with Crippen molar-refractivity contribution < 1.29 is 12.6 Å². The molecular formula is C16H20O3S2. The third kappa shape index (κ3) is 4.51. The van der Waals surface area contributed by atoms with Crippen LogP contribution in [0.5, 0.6) is 5.75 Å². The van der Waals surface area contributed by atoms with Crippen molar-refractivity contribution in [2.45, 2.75) is 31.1 Å². The second-order valence-corrected chi connectivity index (χ2v) is 7.17. The van der Waals surface area contributed by atoms with Gasteiger partial charge < -0.3 is 4.18 Å².